The highest BCUT2D eigenvalue weighted by Crippen LogP contribution is 2.15. The van der Waals surface area contributed by atoms with Crippen LogP contribution in [0.15, 0.2) is 64.7 Å². The van der Waals surface area contributed by atoms with Gasteiger partial charge in [-0.15, -0.1) is 0 Å². The van der Waals surface area contributed by atoms with E-state index < -0.39 is 0 Å². The Morgan fingerprint density at radius 1 is 1.21 bits per heavy atom. The van der Waals surface area contributed by atoms with Crippen LogP contribution in [-0.2, 0) is 0 Å². The van der Waals surface area contributed by atoms with Gasteiger partial charge in [-0.25, -0.2) is 0 Å². The van der Waals surface area contributed by atoms with E-state index >= 15 is 0 Å². The monoisotopic (exact) mass is 257 g/mol. The summed E-state index contributed by atoms with van der Waals surface area (Å²) in [6.07, 6.45) is 5.93. The fourth-order valence-electron chi connectivity index (χ4n) is 1.32. The van der Waals surface area contributed by atoms with Gasteiger partial charge >= 0.3 is 0 Å². The maximum Gasteiger partial charge on any atom is 0.0978 e. The van der Waals surface area contributed by atoms with Crippen LogP contribution >= 0.6 is 0 Å². The summed E-state index contributed by atoms with van der Waals surface area (Å²) in [7, 11) is 3.90. The van der Waals surface area contributed by atoms with Crippen LogP contribution in [0, 0.1) is 0 Å². The molecule has 0 radical (unpaired) electrons. The quantitative estimate of drug-likeness (QED) is 0.836. The summed E-state index contributed by atoms with van der Waals surface area (Å²) >= 11 is 0. The molecular formula is C16H23N3. The normalized spacial score (nSPS) is 16.2. The molecule has 19 heavy (non-hydrogen) atoms. The summed E-state index contributed by atoms with van der Waals surface area (Å²) in [5, 5.41) is 3.24. The van der Waals surface area contributed by atoms with Gasteiger partial charge in [-0.3, -0.25) is 4.99 Å². The third kappa shape index (κ3) is 4.28. The van der Waals surface area contributed by atoms with Gasteiger partial charge in [0.05, 0.1) is 11.5 Å². The summed E-state index contributed by atoms with van der Waals surface area (Å²) in [4.78, 5) is 6.53. The molecule has 0 saturated carbocycles. The van der Waals surface area contributed by atoms with Crippen LogP contribution in [0.1, 0.15) is 20.8 Å². The highest BCUT2D eigenvalue weighted by Gasteiger charge is 2.08. The van der Waals surface area contributed by atoms with Crippen molar-refractivity contribution in [1.29, 1.82) is 0 Å². The molecule has 1 aliphatic carbocycles. The lowest BCUT2D eigenvalue weighted by molar-refractivity contribution is 0.482. The summed E-state index contributed by atoms with van der Waals surface area (Å²) in [6.45, 7) is 14.1. The Morgan fingerprint density at radius 3 is 2.37 bits per heavy atom. The number of nitrogens with zero attached hydrogens (tertiary/aromatic N) is 2. The molecule has 102 valence electrons. The van der Waals surface area contributed by atoms with Crippen molar-refractivity contribution in [3.05, 3.63) is 59.7 Å². The fraction of sp³-hybridized carbons (Fsp3) is 0.312. The van der Waals surface area contributed by atoms with E-state index in [0.29, 0.717) is 0 Å². The first kappa shape index (κ1) is 15.0. The number of hydrogen-bond acceptors (Lipinski definition) is 3. The van der Waals surface area contributed by atoms with Crippen molar-refractivity contribution in [2.75, 3.05) is 14.1 Å². The smallest absolute Gasteiger partial charge is 0.0978 e. The minimum atomic E-state index is 0.835. The predicted molar refractivity (Wildman–Crippen MR) is 83.8 cm³/mol. The van der Waals surface area contributed by atoms with E-state index in [9.17, 15) is 0 Å². The first-order valence-corrected chi connectivity index (χ1v) is 6.26. The Bertz CT molecular complexity index is 510. The van der Waals surface area contributed by atoms with E-state index in [2.05, 4.69) is 37.3 Å². The molecule has 0 unspecified atom stereocenters. The summed E-state index contributed by atoms with van der Waals surface area (Å²) < 4.78 is 0. The van der Waals surface area contributed by atoms with Crippen LogP contribution in [0.4, 0.5) is 0 Å². The van der Waals surface area contributed by atoms with Crippen LogP contribution in [0.2, 0.25) is 0 Å². The number of aliphatic imine (C=N–C) groups is 1. The minimum Gasteiger partial charge on any atom is -0.365 e. The van der Waals surface area contributed by atoms with Crippen molar-refractivity contribution in [3.8, 4) is 0 Å². The van der Waals surface area contributed by atoms with Gasteiger partial charge in [-0.05, 0) is 38.5 Å². The molecule has 0 atom stereocenters. The lowest BCUT2D eigenvalue weighted by Gasteiger charge is -2.20. The molecule has 0 spiro atoms. The van der Waals surface area contributed by atoms with Gasteiger partial charge < -0.3 is 10.2 Å². The lowest BCUT2D eigenvalue weighted by atomic mass is 10.0. The SMILES string of the molecule is C=C1C=CC(NC(=C)N(C)C)=CC1=NC(C)=C(C)C. The molecule has 0 aromatic rings. The van der Waals surface area contributed by atoms with Crippen molar-refractivity contribution < 1.29 is 0 Å². The Balaban J connectivity index is 2.99. The average Bonchev–Trinajstić information content (AvgIpc) is 2.32. The highest BCUT2D eigenvalue weighted by atomic mass is 15.2. The van der Waals surface area contributed by atoms with Crippen molar-refractivity contribution in [2.24, 2.45) is 4.99 Å². The second-order valence-electron chi connectivity index (χ2n) is 5.01. The van der Waals surface area contributed by atoms with Crippen LogP contribution in [0.3, 0.4) is 0 Å². The first-order valence-electron chi connectivity index (χ1n) is 6.26. The van der Waals surface area contributed by atoms with Crippen molar-refractivity contribution in [1.82, 2.24) is 10.2 Å². The third-order valence-electron chi connectivity index (χ3n) is 2.93. The van der Waals surface area contributed by atoms with Gasteiger partial charge in [-0.1, -0.05) is 24.8 Å². The largest absolute Gasteiger partial charge is 0.365 e. The Kier molecular flexibility index (Phi) is 4.93. The standard InChI is InChI=1S/C16H23N3/c1-11(2)13(4)17-16-10-15(9-8-12(16)3)18-14(5)19(6)7/h8-10,18H,3,5H2,1-2,4,6-7H3. The zero-order valence-electron chi connectivity index (χ0n) is 12.5. The van der Waals surface area contributed by atoms with Gasteiger partial charge in [0.15, 0.2) is 0 Å². The molecular weight excluding hydrogens is 234 g/mol. The Hall–Kier alpha value is -2.03. The molecule has 0 aromatic heterocycles. The molecule has 0 heterocycles. The van der Waals surface area contributed by atoms with E-state index in [1.54, 1.807) is 0 Å². The number of nitrogens with one attached hydrogen (secondary N) is 1. The minimum absolute atomic E-state index is 0.835. The lowest BCUT2D eigenvalue weighted by Crippen LogP contribution is -2.24. The summed E-state index contributed by atoms with van der Waals surface area (Å²) in [6, 6.07) is 0. The zero-order valence-corrected chi connectivity index (χ0v) is 12.5. The molecule has 0 bridgehead atoms. The molecule has 0 aromatic carbocycles. The molecule has 0 amide bonds. The number of hydrogen-bond donors (Lipinski definition) is 1. The topological polar surface area (TPSA) is 27.6 Å². The molecule has 3 heteroatoms. The van der Waals surface area contributed by atoms with E-state index in [1.807, 2.05) is 44.1 Å². The van der Waals surface area contributed by atoms with Crippen molar-refractivity contribution >= 4 is 5.71 Å². The first-order chi connectivity index (χ1) is 8.81. The molecule has 1 N–H and O–H groups in total. The van der Waals surface area contributed by atoms with E-state index in [1.165, 1.54) is 5.57 Å². The van der Waals surface area contributed by atoms with Crippen LogP contribution < -0.4 is 5.32 Å². The summed E-state index contributed by atoms with van der Waals surface area (Å²) in [5.41, 5.74) is 4.99. The van der Waals surface area contributed by atoms with Crippen LogP contribution in [0.25, 0.3) is 0 Å². The second-order valence-corrected chi connectivity index (χ2v) is 5.01. The van der Waals surface area contributed by atoms with E-state index in [0.717, 1.165) is 28.5 Å². The van der Waals surface area contributed by atoms with E-state index in [4.69, 9.17) is 0 Å². The van der Waals surface area contributed by atoms with Gasteiger partial charge in [0, 0.05) is 25.5 Å². The zero-order chi connectivity index (χ0) is 14.6. The van der Waals surface area contributed by atoms with Gasteiger partial charge in [0.1, 0.15) is 0 Å². The summed E-state index contributed by atoms with van der Waals surface area (Å²) in [5.74, 6) is 0.835. The maximum absolute atomic E-state index is 4.60. The molecule has 1 rings (SSSR count). The third-order valence-corrected chi connectivity index (χ3v) is 2.93. The Morgan fingerprint density at radius 2 is 1.84 bits per heavy atom. The molecule has 0 fully saturated rings. The van der Waals surface area contributed by atoms with Crippen molar-refractivity contribution in [2.45, 2.75) is 20.8 Å². The molecule has 0 aliphatic heterocycles. The highest BCUT2D eigenvalue weighted by molar-refractivity contribution is 6.12. The fourth-order valence-corrected chi connectivity index (χ4v) is 1.32. The van der Waals surface area contributed by atoms with Crippen LogP contribution in [0.5, 0.6) is 0 Å². The second kappa shape index (κ2) is 6.23. The number of allylic oxidation sites excluding steroid dienone is 6. The van der Waals surface area contributed by atoms with Gasteiger partial charge in [0.2, 0.25) is 0 Å². The predicted octanol–water partition coefficient (Wildman–Crippen LogP) is 3.37. The van der Waals surface area contributed by atoms with E-state index in [-0.39, 0.29) is 0 Å². The molecule has 0 saturated heterocycles. The van der Waals surface area contributed by atoms with Crippen molar-refractivity contribution in [3.63, 3.8) is 0 Å². The Labute approximate surface area is 116 Å². The van der Waals surface area contributed by atoms with Crippen LogP contribution in [-0.4, -0.2) is 24.7 Å². The maximum atomic E-state index is 4.60. The molecule has 3 nitrogen and oxygen atoms in total. The number of rotatable bonds is 4. The molecule has 1 aliphatic rings. The average molecular weight is 257 g/mol. The van der Waals surface area contributed by atoms with Gasteiger partial charge in [-0.2, -0.15) is 0 Å². The van der Waals surface area contributed by atoms with Gasteiger partial charge in [0.25, 0.3) is 0 Å².